The Morgan fingerprint density at radius 1 is 1.32 bits per heavy atom. The standard InChI is InChI=1S/C18H30N2O2/c1-2-3-4-7-15-22-17-10-8-13-20(18(17)21)14-11-16-9-5-6-12-19-16/h8,10,13,16,19H,2-7,9,11-12,14-15H2,1H3. The summed E-state index contributed by atoms with van der Waals surface area (Å²) in [5, 5.41) is 3.53. The zero-order valence-corrected chi connectivity index (χ0v) is 13.9. The molecule has 0 spiro atoms. The van der Waals surface area contributed by atoms with Crippen molar-refractivity contribution in [2.24, 2.45) is 0 Å². The van der Waals surface area contributed by atoms with E-state index in [9.17, 15) is 4.79 Å². The molecule has 1 saturated heterocycles. The molecule has 0 aromatic carbocycles. The van der Waals surface area contributed by atoms with E-state index >= 15 is 0 Å². The number of rotatable bonds is 9. The fourth-order valence-corrected chi connectivity index (χ4v) is 2.98. The number of hydrogen-bond donors (Lipinski definition) is 1. The topological polar surface area (TPSA) is 43.3 Å². The van der Waals surface area contributed by atoms with Crippen LogP contribution in [-0.4, -0.2) is 23.8 Å². The number of aromatic nitrogens is 1. The number of ether oxygens (including phenoxy) is 1. The highest BCUT2D eigenvalue weighted by Crippen LogP contribution is 2.11. The van der Waals surface area contributed by atoms with Crippen LogP contribution in [0.1, 0.15) is 58.3 Å². The van der Waals surface area contributed by atoms with E-state index in [4.69, 9.17) is 4.74 Å². The number of piperidine rings is 1. The van der Waals surface area contributed by atoms with E-state index in [2.05, 4.69) is 12.2 Å². The second-order valence-electron chi connectivity index (χ2n) is 6.22. The Hall–Kier alpha value is -1.29. The van der Waals surface area contributed by atoms with Gasteiger partial charge in [0.25, 0.3) is 5.56 Å². The molecule has 1 atom stereocenters. The van der Waals surface area contributed by atoms with Gasteiger partial charge in [0.05, 0.1) is 6.61 Å². The quantitative estimate of drug-likeness (QED) is 0.712. The highest BCUT2D eigenvalue weighted by atomic mass is 16.5. The normalized spacial score (nSPS) is 18.3. The van der Waals surface area contributed by atoms with Gasteiger partial charge in [-0.2, -0.15) is 0 Å². The summed E-state index contributed by atoms with van der Waals surface area (Å²) in [7, 11) is 0. The van der Waals surface area contributed by atoms with Crippen molar-refractivity contribution in [3.63, 3.8) is 0 Å². The first-order chi connectivity index (χ1) is 10.8. The molecule has 22 heavy (non-hydrogen) atoms. The van der Waals surface area contributed by atoms with Crippen LogP contribution in [0.4, 0.5) is 0 Å². The van der Waals surface area contributed by atoms with Crippen molar-refractivity contribution in [2.75, 3.05) is 13.2 Å². The number of nitrogens with zero attached hydrogens (tertiary/aromatic N) is 1. The third-order valence-corrected chi connectivity index (χ3v) is 4.37. The molecule has 0 amide bonds. The Kier molecular flexibility index (Phi) is 7.50. The number of unbranched alkanes of at least 4 members (excludes halogenated alkanes) is 3. The second-order valence-corrected chi connectivity index (χ2v) is 6.22. The predicted octanol–water partition coefficient (Wildman–Crippen LogP) is 3.34. The van der Waals surface area contributed by atoms with E-state index in [0.717, 1.165) is 25.9 Å². The first-order valence-electron chi connectivity index (χ1n) is 8.87. The van der Waals surface area contributed by atoms with Gasteiger partial charge < -0.3 is 14.6 Å². The van der Waals surface area contributed by atoms with Crippen LogP contribution in [0.15, 0.2) is 23.1 Å². The molecule has 1 N–H and O–H groups in total. The van der Waals surface area contributed by atoms with Crippen LogP contribution in [-0.2, 0) is 6.54 Å². The minimum Gasteiger partial charge on any atom is -0.488 e. The lowest BCUT2D eigenvalue weighted by molar-refractivity contribution is 0.297. The molecule has 2 rings (SSSR count). The van der Waals surface area contributed by atoms with Gasteiger partial charge in [0.1, 0.15) is 0 Å². The maximum atomic E-state index is 12.4. The van der Waals surface area contributed by atoms with E-state index < -0.39 is 0 Å². The maximum absolute atomic E-state index is 12.4. The lowest BCUT2D eigenvalue weighted by atomic mass is 10.0. The van der Waals surface area contributed by atoms with Gasteiger partial charge >= 0.3 is 0 Å². The average Bonchev–Trinajstić information content (AvgIpc) is 2.56. The van der Waals surface area contributed by atoms with Crippen LogP contribution in [0, 0.1) is 0 Å². The molecule has 0 aliphatic carbocycles. The van der Waals surface area contributed by atoms with Crippen molar-refractivity contribution in [1.82, 2.24) is 9.88 Å². The van der Waals surface area contributed by atoms with Crippen molar-refractivity contribution in [1.29, 1.82) is 0 Å². The van der Waals surface area contributed by atoms with Gasteiger partial charge in [-0.15, -0.1) is 0 Å². The average molecular weight is 306 g/mol. The van der Waals surface area contributed by atoms with Crippen molar-refractivity contribution in [3.05, 3.63) is 28.7 Å². The molecule has 0 bridgehead atoms. The summed E-state index contributed by atoms with van der Waals surface area (Å²) in [6.45, 7) is 4.71. The van der Waals surface area contributed by atoms with Gasteiger partial charge in [0.2, 0.25) is 0 Å². The summed E-state index contributed by atoms with van der Waals surface area (Å²) in [6, 6.07) is 4.26. The number of hydrogen-bond acceptors (Lipinski definition) is 3. The molecule has 124 valence electrons. The molecule has 1 aromatic heterocycles. The van der Waals surface area contributed by atoms with Crippen LogP contribution < -0.4 is 15.6 Å². The van der Waals surface area contributed by atoms with Crippen molar-refractivity contribution in [3.8, 4) is 5.75 Å². The lowest BCUT2D eigenvalue weighted by Crippen LogP contribution is -2.35. The van der Waals surface area contributed by atoms with Crippen LogP contribution in [0.5, 0.6) is 5.75 Å². The smallest absolute Gasteiger partial charge is 0.292 e. The molecule has 1 aliphatic rings. The molecule has 1 aliphatic heterocycles. The largest absolute Gasteiger partial charge is 0.488 e. The molecule has 4 nitrogen and oxygen atoms in total. The zero-order chi connectivity index (χ0) is 15.6. The summed E-state index contributed by atoms with van der Waals surface area (Å²) in [4.78, 5) is 12.4. The number of nitrogens with one attached hydrogen (secondary N) is 1. The SMILES string of the molecule is CCCCCCOc1cccn(CCC2CCCCN2)c1=O. The van der Waals surface area contributed by atoms with E-state index in [0.29, 0.717) is 18.4 Å². The van der Waals surface area contributed by atoms with Gasteiger partial charge in [0.15, 0.2) is 5.75 Å². The lowest BCUT2D eigenvalue weighted by Gasteiger charge is -2.23. The van der Waals surface area contributed by atoms with Crippen molar-refractivity contribution in [2.45, 2.75) is 70.9 Å². The van der Waals surface area contributed by atoms with E-state index in [1.165, 1.54) is 38.5 Å². The Morgan fingerprint density at radius 3 is 3.00 bits per heavy atom. The number of aryl methyl sites for hydroxylation is 1. The van der Waals surface area contributed by atoms with E-state index in [1.807, 2.05) is 12.3 Å². The van der Waals surface area contributed by atoms with Gasteiger partial charge in [0, 0.05) is 18.8 Å². The molecular formula is C18H30N2O2. The van der Waals surface area contributed by atoms with Crippen LogP contribution in [0.25, 0.3) is 0 Å². The molecule has 1 aromatic rings. The van der Waals surface area contributed by atoms with Crippen molar-refractivity contribution >= 4 is 0 Å². The molecule has 0 radical (unpaired) electrons. The van der Waals surface area contributed by atoms with E-state index in [1.54, 1.807) is 10.6 Å². The molecule has 1 fully saturated rings. The second kappa shape index (κ2) is 9.67. The van der Waals surface area contributed by atoms with Gasteiger partial charge in [-0.1, -0.05) is 32.6 Å². The summed E-state index contributed by atoms with van der Waals surface area (Å²) in [5.41, 5.74) is 0.00815. The zero-order valence-electron chi connectivity index (χ0n) is 13.9. The van der Waals surface area contributed by atoms with Crippen molar-refractivity contribution < 1.29 is 4.74 Å². The molecule has 2 heterocycles. The van der Waals surface area contributed by atoms with Gasteiger partial charge in [-0.3, -0.25) is 4.79 Å². The fourth-order valence-electron chi connectivity index (χ4n) is 2.98. The minimum atomic E-state index is 0.00815. The van der Waals surface area contributed by atoms with Gasteiger partial charge in [-0.05, 0) is 44.4 Å². The molecule has 0 saturated carbocycles. The van der Waals surface area contributed by atoms with E-state index in [-0.39, 0.29) is 5.56 Å². The fraction of sp³-hybridized carbons (Fsp3) is 0.722. The molecular weight excluding hydrogens is 276 g/mol. The molecule has 4 heteroatoms. The Balaban J connectivity index is 1.81. The third kappa shape index (κ3) is 5.48. The predicted molar refractivity (Wildman–Crippen MR) is 90.6 cm³/mol. The third-order valence-electron chi connectivity index (χ3n) is 4.37. The first kappa shape index (κ1) is 17.1. The Labute approximate surface area is 133 Å². The first-order valence-corrected chi connectivity index (χ1v) is 8.87. The summed E-state index contributed by atoms with van der Waals surface area (Å²) >= 11 is 0. The van der Waals surface area contributed by atoms with Gasteiger partial charge in [-0.25, -0.2) is 0 Å². The highest BCUT2D eigenvalue weighted by molar-refractivity contribution is 5.17. The highest BCUT2D eigenvalue weighted by Gasteiger charge is 2.13. The summed E-state index contributed by atoms with van der Waals surface area (Å²) < 4.78 is 7.46. The summed E-state index contributed by atoms with van der Waals surface area (Å²) in [5.74, 6) is 0.496. The molecule has 1 unspecified atom stereocenters. The van der Waals surface area contributed by atoms with Crippen LogP contribution in [0.3, 0.4) is 0 Å². The van der Waals surface area contributed by atoms with Crippen LogP contribution >= 0.6 is 0 Å². The number of pyridine rings is 1. The Bertz CT molecular complexity index is 478. The van der Waals surface area contributed by atoms with Crippen LogP contribution in [0.2, 0.25) is 0 Å². The Morgan fingerprint density at radius 2 is 2.23 bits per heavy atom. The monoisotopic (exact) mass is 306 g/mol. The summed E-state index contributed by atoms with van der Waals surface area (Å²) in [6.07, 6.45) is 11.3. The minimum absolute atomic E-state index is 0.00815. The maximum Gasteiger partial charge on any atom is 0.292 e.